The van der Waals surface area contributed by atoms with E-state index in [9.17, 15) is 0 Å². The zero-order valence-corrected chi connectivity index (χ0v) is 12.3. The quantitative estimate of drug-likeness (QED) is 0.836. The molecule has 0 bridgehead atoms. The summed E-state index contributed by atoms with van der Waals surface area (Å²) in [5.41, 5.74) is 1.41. The van der Waals surface area contributed by atoms with E-state index in [-0.39, 0.29) is 0 Å². The van der Waals surface area contributed by atoms with Gasteiger partial charge in [-0.2, -0.15) is 0 Å². The average molecular weight is 261 g/mol. The second-order valence-corrected chi connectivity index (χ2v) is 5.71. The molecular weight excluding hydrogens is 234 g/mol. The Hall–Kier alpha value is -1.02. The number of nitrogens with one attached hydrogen (secondary N) is 1. The van der Waals surface area contributed by atoms with Crippen molar-refractivity contribution in [3.63, 3.8) is 0 Å². The summed E-state index contributed by atoms with van der Waals surface area (Å²) in [5.74, 6) is 2.51. The normalized spacial score (nSPS) is 18.2. The Bertz CT molecular complexity index is 354. The van der Waals surface area contributed by atoms with Crippen LogP contribution in [0.3, 0.4) is 0 Å². The molecule has 0 aliphatic carbocycles. The monoisotopic (exact) mass is 261 g/mol. The highest BCUT2D eigenvalue weighted by Crippen LogP contribution is 2.22. The minimum atomic E-state index is 0.642. The number of benzene rings is 1. The summed E-state index contributed by atoms with van der Waals surface area (Å²) in [4.78, 5) is 0. The van der Waals surface area contributed by atoms with Crippen molar-refractivity contribution >= 4 is 0 Å². The zero-order valence-electron chi connectivity index (χ0n) is 12.3. The van der Waals surface area contributed by atoms with Gasteiger partial charge in [-0.15, -0.1) is 0 Å². The lowest BCUT2D eigenvalue weighted by Gasteiger charge is -2.22. The van der Waals surface area contributed by atoms with Gasteiger partial charge in [-0.3, -0.25) is 0 Å². The predicted octanol–water partition coefficient (Wildman–Crippen LogP) is 3.97. The van der Waals surface area contributed by atoms with Gasteiger partial charge in [0.05, 0.1) is 6.61 Å². The molecule has 1 heterocycles. The van der Waals surface area contributed by atoms with Crippen LogP contribution in [-0.2, 0) is 0 Å². The first-order valence-electron chi connectivity index (χ1n) is 7.73. The third-order valence-corrected chi connectivity index (χ3v) is 4.32. The van der Waals surface area contributed by atoms with Crippen molar-refractivity contribution in [2.24, 2.45) is 5.92 Å². The van der Waals surface area contributed by atoms with Gasteiger partial charge in [-0.1, -0.05) is 26.0 Å². The molecule has 1 atom stereocenters. The smallest absolute Gasteiger partial charge is 0.119 e. The minimum Gasteiger partial charge on any atom is -0.494 e. The summed E-state index contributed by atoms with van der Waals surface area (Å²) in [5, 5.41) is 3.40. The molecule has 1 fully saturated rings. The van der Waals surface area contributed by atoms with E-state index in [1.807, 2.05) is 0 Å². The highest BCUT2D eigenvalue weighted by molar-refractivity contribution is 5.29. The van der Waals surface area contributed by atoms with E-state index >= 15 is 0 Å². The van der Waals surface area contributed by atoms with Gasteiger partial charge >= 0.3 is 0 Å². The Morgan fingerprint density at radius 3 is 2.53 bits per heavy atom. The van der Waals surface area contributed by atoms with Gasteiger partial charge in [0.2, 0.25) is 0 Å². The van der Waals surface area contributed by atoms with Gasteiger partial charge in [-0.25, -0.2) is 0 Å². The predicted molar refractivity (Wildman–Crippen MR) is 80.9 cm³/mol. The van der Waals surface area contributed by atoms with Crippen molar-refractivity contribution in [3.05, 3.63) is 29.8 Å². The molecule has 1 N–H and O–H groups in total. The fraction of sp³-hybridized carbons (Fsp3) is 0.647. The van der Waals surface area contributed by atoms with E-state index in [4.69, 9.17) is 4.74 Å². The number of hydrogen-bond donors (Lipinski definition) is 1. The van der Waals surface area contributed by atoms with Crippen LogP contribution >= 0.6 is 0 Å². The lowest BCUT2D eigenvalue weighted by atomic mass is 9.95. The first-order chi connectivity index (χ1) is 9.29. The molecule has 19 heavy (non-hydrogen) atoms. The summed E-state index contributed by atoms with van der Waals surface area (Å²) in [6.45, 7) is 7.71. The van der Waals surface area contributed by atoms with Crippen LogP contribution < -0.4 is 10.1 Å². The highest BCUT2D eigenvalue weighted by atomic mass is 16.5. The van der Waals surface area contributed by atoms with Crippen molar-refractivity contribution in [2.45, 2.75) is 45.4 Å². The van der Waals surface area contributed by atoms with Crippen molar-refractivity contribution in [3.8, 4) is 5.75 Å². The summed E-state index contributed by atoms with van der Waals surface area (Å²) >= 11 is 0. The van der Waals surface area contributed by atoms with Crippen LogP contribution in [0.2, 0.25) is 0 Å². The van der Waals surface area contributed by atoms with Crippen LogP contribution in [0.1, 0.15) is 51.0 Å². The van der Waals surface area contributed by atoms with Crippen LogP contribution in [0.15, 0.2) is 24.3 Å². The maximum absolute atomic E-state index is 5.86. The van der Waals surface area contributed by atoms with Gasteiger partial charge in [0.25, 0.3) is 0 Å². The Kier molecular flexibility index (Phi) is 5.71. The van der Waals surface area contributed by atoms with Crippen LogP contribution in [0.5, 0.6) is 5.75 Å². The van der Waals surface area contributed by atoms with E-state index in [2.05, 4.69) is 43.4 Å². The fourth-order valence-corrected chi connectivity index (χ4v) is 2.64. The minimum absolute atomic E-state index is 0.642. The lowest BCUT2D eigenvalue weighted by Crippen LogP contribution is -2.28. The van der Waals surface area contributed by atoms with Crippen molar-refractivity contribution in [2.75, 3.05) is 19.7 Å². The third kappa shape index (κ3) is 4.54. The number of piperidine rings is 1. The van der Waals surface area contributed by atoms with Crippen LogP contribution in [0, 0.1) is 5.92 Å². The molecule has 0 unspecified atom stereocenters. The number of hydrogen-bond acceptors (Lipinski definition) is 2. The second kappa shape index (κ2) is 7.54. The van der Waals surface area contributed by atoms with Gasteiger partial charge in [0.15, 0.2) is 0 Å². The molecule has 1 saturated heterocycles. The lowest BCUT2D eigenvalue weighted by molar-refractivity contribution is 0.252. The van der Waals surface area contributed by atoms with E-state index in [1.54, 1.807) is 0 Å². The summed E-state index contributed by atoms with van der Waals surface area (Å²) < 4.78 is 5.86. The van der Waals surface area contributed by atoms with Crippen molar-refractivity contribution < 1.29 is 4.74 Å². The largest absolute Gasteiger partial charge is 0.494 e. The Labute approximate surface area is 117 Å². The molecular formula is C17H27NO. The van der Waals surface area contributed by atoms with Crippen molar-refractivity contribution in [1.82, 2.24) is 5.32 Å². The van der Waals surface area contributed by atoms with Gasteiger partial charge in [0, 0.05) is 0 Å². The molecule has 0 aromatic heterocycles. The maximum atomic E-state index is 5.86. The van der Waals surface area contributed by atoms with Crippen LogP contribution in [0.4, 0.5) is 0 Å². The van der Waals surface area contributed by atoms with Crippen LogP contribution in [0.25, 0.3) is 0 Å². The Morgan fingerprint density at radius 2 is 1.89 bits per heavy atom. The van der Waals surface area contributed by atoms with E-state index in [0.717, 1.165) is 18.3 Å². The van der Waals surface area contributed by atoms with Crippen LogP contribution in [-0.4, -0.2) is 19.7 Å². The third-order valence-electron chi connectivity index (χ3n) is 4.32. The highest BCUT2D eigenvalue weighted by Gasteiger charge is 2.12. The first-order valence-corrected chi connectivity index (χ1v) is 7.73. The molecule has 1 aromatic carbocycles. The van der Waals surface area contributed by atoms with Gasteiger partial charge in [-0.05, 0) is 68.3 Å². The van der Waals surface area contributed by atoms with Crippen molar-refractivity contribution in [1.29, 1.82) is 0 Å². The molecule has 2 heteroatoms. The zero-order chi connectivity index (χ0) is 13.5. The Balaban J connectivity index is 1.73. The molecule has 2 rings (SSSR count). The summed E-state index contributed by atoms with van der Waals surface area (Å²) in [7, 11) is 0. The summed E-state index contributed by atoms with van der Waals surface area (Å²) in [6.07, 6.45) is 4.98. The molecule has 0 amide bonds. The molecule has 1 aliphatic rings. The first kappa shape index (κ1) is 14.4. The maximum Gasteiger partial charge on any atom is 0.119 e. The second-order valence-electron chi connectivity index (χ2n) is 5.71. The average Bonchev–Trinajstić information content (AvgIpc) is 2.48. The molecule has 0 radical (unpaired) electrons. The molecule has 106 valence electrons. The van der Waals surface area contributed by atoms with E-state index < -0.39 is 0 Å². The fourth-order valence-electron chi connectivity index (χ4n) is 2.64. The number of ether oxygens (including phenoxy) is 1. The SMILES string of the molecule is CC[C@H](C)c1ccc(OCCC2CCNCC2)cc1. The van der Waals surface area contributed by atoms with Gasteiger partial charge in [0.1, 0.15) is 5.75 Å². The van der Waals surface area contributed by atoms with Gasteiger partial charge < -0.3 is 10.1 Å². The standard InChI is InChI=1S/C17H27NO/c1-3-14(2)16-4-6-17(7-5-16)19-13-10-15-8-11-18-12-9-15/h4-7,14-15,18H,3,8-13H2,1-2H3/t14-/m0/s1. The molecule has 0 spiro atoms. The molecule has 0 saturated carbocycles. The molecule has 1 aromatic rings. The molecule has 1 aliphatic heterocycles. The van der Waals surface area contributed by atoms with E-state index in [1.165, 1.54) is 44.3 Å². The number of rotatable bonds is 6. The Morgan fingerprint density at radius 1 is 1.21 bits per heavy atom. The topological polar surface area (TPSA) is 21.3 Å². The molecule has 2 nitrogen and oxygen atoms in total. The summed E-state index contributed by atoms with van der Waals surface area (Å²) in [6, 6.07) is 8.63. The van der Waals surface area contributed by atoms with E-state index in [0.29, 0.717) is 5.92 Å².